The molecule has 23 heavy (non-hydrogen) atoms. The van der Waals surface area contributed by atoms with E-state index >= 15 is 0 Å². The van der Waals surface area contributed by atoms with Crippen LogP contribution in [0.4, 0.5) is 0 Å². The molecule has 6 heteroatoms. The Balaban J connectivity index is 2.23. The van der Waals surface area contributed by atoms with E-state index in [4.69, 9.17) is 10.4 Å². The average Bonchev–Trinajstić information content (AvgIpc) is 2.54. The second kappa shape index (κ2) is 6.79. The maximum atomic E-state index is 12.5. The van der Waals surface area contributed by atoms with Crippen LogP contribution in [0.1, 0.15) is 35.1 Å². The van der Waals surface area contributed by atoms with Gasteiger partial charge in [-0.05, 0) is 43.2 Å². The standard InChI is InChI=1S/C17H17N3O3/c1-11-7-8-20(16(21)15(11)12(2)17(22)23)19-10-14-5-3-13(9-18)4-6-14/h3-8,12,19H,10H2,1-2H3,(H,22,23). The molecule has 0 saturated carbocycles. The van der Waals surface area contributed by atoms with E-state index in [1.807, 2.05) is 6.07 Å². The van der Waals surface area contributed by atoms with E-state index in [9.17, 15) is 9.59 Å². The Morgan fingerprint density at radius 3 is 2.57 bits per heavy atom. The van der Waals surface area contributed by atoms with Crippen LogP contribution < -0.4 is 11.0 Å². The van der Waals surface area contributed by atoms with Gasteiger partial charge in [0.25, 0.3) is 5.56 Å². The van der Waals surface area contributed by atoms with Crippen molar-refractivity contribution in [2.75, 3.05) is 5.43 Å². The van der Waals surface area contributed by atoms with E-state index in [-0.39, 0.29) is 11.1 Å². The van der Waals surface area contributed by atoms with Crippen molar-refractivity contribution >= 4 is 5.97 Å². The molecule has 118 valence electrons. The summed E-state index contributed by atoms with van der Waals surface area (Å²) in [5.74, 6) is -1.90. The number of nitriles is 1. The van der Waals surface area contributed by atoms with Crippen LogP contribution in [0, 0.1) is 18.3 Å². The highest BCUT2D eigenvalue weighted by Crippen LogP contribution is 2.15. The molecule has 0 radical (unpaired) electrons. The van der Waals surface area contributed by atoms with E-state index in [2.05, 4.69) is 5.43 Å². The zero-order valence-electron chi connectivity index (χ0n) is 12.9. The van der Waals surface area contributed by atoms with E-state index in [1.54, 1.807) is 43.5 Å². The zero-order chi connectivity index (χ0) is 17.0. The van der Waals surface area contributed by atoms with E-state index in [1.165, 1.54) is 11.6 Å². The third-order valence-electron chi connectivity index (χ3n) is 3.69. The summed E-state index contributed by atoms with van der Waals surface area (Å²) in [5, 5.41) is 17.9. The number of aliphatic carboxylic acids is 1. The van der Waals surface area contributed by atoms with Gasteiger partial charge in [0.15, 0.2) is 0 Å². The summed E-state index contributed by atoms with van der Waals surface area (Å²) in [4.78, 5) is 23.6. The van der Waals surface area contributed by atoms with Crippen LogP contribution in [-0.2, 0) is 11.3 Å². The van der Waals surface area contributed by atoms with Crippen LogP contribution in [0.2, 0.25) is 0 Å². The second-order valence-corrected chi connectivity index (χ2v) is 5.29. The number of nitrogens with zero attached hydrogens (tertiary/aromatic N) is 2. The molecule has 6 nitrogen and oxygen atoms in total. The minimum atomic E-state index is -1.03. The fraction of sp³-hybridized carbons (Fsp3) is 0.235. The lowest BCUT2D eigenvalue weighted by Gasteiger charge is -2.15. The quantitative estimate of drug-likeness (QED) is 0.880. The Morgan fingerprint density at radius 2 is 2.00 bits per heavy atom. The van der Waals surface area contributed by atoms with E-state index in [0.717, 1.165) is 5.56 Å². The Labute approximate surface area is 133 Å². The molecule has 0 saturated heterocycles. The maximum Gasteiger partial charge on any atom is 0.310 e. The van der Waals surface area contributed by atoms with Crippen LogP contribution in [0.3, 0.4) is 0 Å². The molecule has 1 heterocycles. The summed E-state index contributed by atoms with van der Waals surface area (Å²) in [7, 11) is 0. The summed E-state index contributed by atoms with van der Waals surface area (Å²) in [5.41, 5.74) is 4.99. The summed E-state index contributed by atoms with van der Waals surface area (Å²) in [6, 6.07) is 10.7. The zero-order valence-corrected chi connectivity index (χ0v) is 12.9. The number of pyridine rings is 1. The van der Waals surface area contributed by atoms with Gasteiger partial charge in [-0.25, -0.2) is 4.68 Å². The Bertz CT molecular complexity index is 816. The number of benzene rings is 1. The van der Waals surface area contributed by atoms with Gasteiger partial charge in [0.05, 0.1) is 24.1 Å². The Hall–Kier alpha value is -3.07. The molecule has 1 unspecified atom stereocenters. The molecule has 0 aliphatic rings. The molecule has 1 aromatic carbocycles. The van der Waals surface area contributed by atoms with Gasteiger partial charge in [-0.15, -0.1) is 0 Å². The lowest BCUT2D eigenvalue weighted by Crippen LogP contribution is -2.33. The lowest BCUT2D eigenvalue weighted by atomic mass is 9.99. The minimum absolute atomic E-state index is 0.271. The van der Waals surface area contributed by atoms with E-state index in [0.29, 0.717) is 17.7 Å². The number of aryl methyl sites for hydroxylation is 1. The molecule has 2 N–H and O–H groups in total. The largest absolute Gasteiger partial charge is 0.481 e. The Morgan fingerprint density at radius 1 is 1.35 bits per heavy atom. The van der Waals surface area contributed by atoms with Crippen molar-refractivity contribution in [2.45, 2.75) is 26.3 Å². The lowest BCUT2D eigenvalue weighted by molar-refractivity contribution is -0.138. The van der Waals surface area contributed by atoms with Gasteiger partial charge in [0.2, 0.25) is 0 Å². The van der Waals surface area contributed by atoms with Gasteiger partial charge in [0, 0.05) is 11.8 Å². The fourth-order valence-electron chi connectivity index (χ4n) is 2.29. The maximum absolute atomic E-state index is 12.5. The molecule has 0 aliphatic heterocycles. The first-order valence-corrected chi connectivity index (χ1v) is 7.12. The summed E-state index contributed by atoms with van der Waals surface area (Å²) >= 11 is 0. The number of hydrogen-bond donors (Lipinski definition) is 2. The van der Waals surface area contributed by atoms with Gasteiger partial charge in [-0.1, -0.05) is 12.1 Å². The topological polar surface area (TPSA) is 95.1 Å². The summed E-state index contributed by atoms with van der Waals surface area (Å²) < 4.78 is 1.29. The molecular formula is C17H17N3O3. The summed E-state index contributed by atoms with van der Waals surface area (Å²) in [6.07, 6.45) is 1.58. The van der Waals surface area contributed by atoms with E-state index < -0.39 is 11.9 Å². The molecule has 0 spiro atoms. The third kappa shape index (κ3) is 3.58. The van der Waals surface area contributed by atoms with Crippen LogP contribution in [-0.4, -0.2) is 15.8 Å². The highest BCUT2D eigenvalue weighted by Gasteiger charge is 2.20. The molecular weight excluding hydrogens is 294 g/mol. The molecule has 1 aromatic heterocycles. The van der Waals surface area contributed by atoms with Crippen LogP contribution in [0.15, 0.2) is 41.3 Å². The predicted octanol–water partition coefficient (Wildman–Crippen LogP) is 1.96. The highest BCUT2D eigenvalue weighted by atomic mass is 16.4. The molecule has 0 aliphatic carbocycles. The number of carbonyl (C=O) groups is 1. The SMILES string of the molecule is Cc1ccn(NCc2ccc(C#N)cc2)c(=O)c1C(C)C(=O)O. The van der Waals surface area contributed by atoms with Gasteiger partial charge in [-0.2, -0.15) is 5.26 Å². The number of carboxylic acids is 1. The first-order valence-electron chi connectivity index (χ1n) is 7.12. The first kappa shape index (κ1) is 16.3. The van der Waals surface area contributed by atoms with Crippen molar-refractivity contribution in [3.8, 4) is 6.07 Å². The smallest absolute Gasteiger partial charge is 0.310 e. The van der Waals surface area contributed by atoms with Crippen LogP contribution >= 0.6 is 0 Å². The number of nitrogens with one attached hydrogen (secondary N) is 1. The number of carboxylic acid groups (broad SMARTS) is 1. The van der Waals surface area contributed by atoms with Crippen molar-refractivity contribution in [3.05, 3.63) is 69.1 Å². The van der Waals surface area contributed by atoms with Crippen LogP contribution in [0.5, 0.6) is 0 Å². The fourth-order valence-corrected chi connectivity index (χ4v) is 2.29. The average molecular weight is 311 g/mol. The van der Waals surface area contributed by atoms with Gasteiger partial charge >= 0.3 is 5.97 Å². The first-order chi connectivity index (χ1) is 10.9. The normalized spacial score (nSPS) is 11.5. The number of rotatable bonds is 5. The summed E-state index contributed by atoms with van der Waals surface area (Å²) in [6.45, 7) is 3.60. The molecule has 1 atom stereocenters. The predicted molar refractivity (Wildman–Crippen MR) is 85.7 cm³/mol. The van der Waals surface area contributed by atoms with Crippen molar-refractivity contribution in [1.29, 1.82) is 5.26 Å². The van der Waals surface area contributed by atoms with Crippen molar-refractivity contribution < 1.29 is 9.90 Å². The minimum Gasteiger partial charge on any atom is -0.481 e. The van der Waals surface area contributed by atoms with Crippen molar-refractivity contribution in [2.24, 2.45) is 0 Å². The van der Waals surface area contributed by atoms with Crippen molar-refractivity contribution in [3.63, 3.8) is 0 Å². The molecule has 0 bridgehead atoms. The molecule has 2 aromatic rings. The third-order valence-corrected chi connectivity index (χ3v) is 3.69. The molecule has 0 amide bonds. The monoisotopic (exact) mass is 311 g/mol. The molecule has 2 rings (SSSR count). The van der Waals surface area contributed by atoms with Crippen molar-refractivity contribution in [1.82, 2.24) is 4.68 Å². The van der Waals surface area contributed by atoms with Gasteiger partial charge < -0.3 is 10.5 Å². The second-order valence-electron chi connectivity index (χ2n) is 5.29. The number of aromatic nitrogens is 1. The molecule has 0 fully saturated rings. The number of hydrogen-bond acceptors (Lipinski definition) is 4. The van der Waals surface area contributed by atoms with Gasteiger partial charge in [0.1, 0.15) is 0 Å². The van der Waals surface area contributed by atoms with Gasteiger partial charge in [-0.3, -0.25) is 9.59 Å². The van der Waals surface area contributed by atoms with Crippen LogP contribution in [0.25, 0.3) is 0 Å². The Kier molecular flexibility index (Phi) is 4.82. The highest BCUT2D eigenvalue weighted by molar-refractivity contribution is 5.75.